The van der Waals surface area contributed by atoms with Crippen LogP contribution in [0, 0.1) is 5.41 Å². The summed E-state index contributed by atoms with van der Waals surface area (Å²) in [6, 6.07) is 4.52. The molecule has 0 radical (unpaired) electrons. The Balaban J connectivity index is 2.27. The van der Waals surface area contributed by atoms with Gasteiger partial charge in [-0.25, -0.2) is 4.79 Å². The van der Waals surface area contributed by atoms with E-state index in [1.165, 1.54) is 30.5 Å². The minimum absolute atomic E-state index is 0.0164. The van der Waals surface area contributed by atoms with Crippen molar-refractivity contribution in [1.29, 1.82) is 0 Å². The molecule has 0 spiro atoms. The third kappa shape index (κ3) is 4.79. The van der Waals surface area contributed by atoms with Crippen molar-refractivity contribution in [1.82, 2.24) is 0 Å². The number of aliphatic hydroxyl groups excluding tert-OH is 1. The van der Waals surface area contributed by atoms with Gasteiger partial charge in [0.05, 0.1) is 21.8 Å². The highest BCUT2D eigenvalue weighted by Crippen LogP contribution is 2.35. The highest BCUT2D eigenvalue weighted by Gasteiger charge is 2.32. The van der Waals surface area contributed by atoms with E-state index in [9.17, 15) is 14.7 Å². The second-order valence-corrected chi connectivity index (χ2v) is 7.02. The van der Waals surface area contributed by atoms with Crippen molar-refractivity contribution in [3.05, 3.63) is 52.8 Å². The predicted molar refractivity (Wildman–Crippen MR) is 97.8 cm³/mol. The van der Waals surface area contributed by atoms with Crippen LogP contribution in [0.25, 0.3) is 0 Å². The minimum Gasteiger partial charge on any atom is -0.511 e. The molecule has 0 aliphatic heterocycles. The molecular formula is C19H20ClNO4. The molecule has 1 aromatic rings. The van der Waals surface area contributed by atoms with E-state index in [-0.39, 0.29) is 34.7 Å². The van der Waals surface area contributed by atoms with E-state index in [1.807, 2.05) is 13.8 Å². The van der Waals surface area contributed by atoms with E-state index in [2.05, 4.69) is 11.6 Å². The Morgan fingerprint density at radius 1 is 1.44 bits per heavy atom. The number of Topliss-reactive ketones (excluding diaryl/α,β-unsaturated/α-hetero) is 1. The van der Waals surface area contributed by atoms with Crippen LogP contribution in [0.15, 0.2) is 47.2 Å². The van der Waals surface area contributed by atoms with Crippen molar-refractivity contribution in [2.24, 2.45) is 10.4 Å². The molecule has 2 rings (SSSR count). The first-order valence-corrected chi connectivity index (χ1v) is 8.18. The number of halogens is 1. The smallest absolute Gasteiger partial charge is 0.338 e. The zero-order chi connectivity index (χ0) is 18.6. The van der Waals surface area contributed by atoms with Gasteiger partial charge in [0.15, 0.2) is 5.78 Å². The fourth-order valence-corrected chi connectivity index (χ4v) is 2.71. The van der Waals surface area contributed by atoms with Gasteiger partial charge in [-0.3, -0.25) is 9.79 Å². The van der Waals surface area contributed by atoms with Crippen molar-refractivity contribution in [2.75, 3.05) is 6.61 Å². The summed E-state index contributed by atoms with van der Waals surface area (Å²) >= 11 is 6.10. The molecule has 1 aromatic carbocycles. The predicted octanol–water partition coefficient (Wildman–Crippen LogP) is 4.59. The molecule has 0 saturated carbocycles. The molecular weight excluding hydrogens is 342 g/mol. The van der Waals surface area contributed by atoms with Gasteiger partial charge in [0.1, 0.15) is 12.4 Å². The number of benzene rings is 1. The molecule has 6 heteroatoms. The Kier molecular flexibility index (Phi) is 5.80. The van der Waals surface area contributed by atoms with Crippen LogP contribution in [-0.2, 0) is 9.53 Å². The standard InChI is InChI=1S/C19H20ClNO4/c1-4-7-25-18(24)12-5-6-14(20)15(8-12)21-11-13-16(22)9-19(2,3)10-17(13)23/h4-6,8,11,22H,1,7,9-10H2,2-3H3. The number of carbonyl (C=O) groups excluding carboxylic acids is 2. The summed E-state index contributed by atoms with van der Waals surface area (Å²) in [5.74, 6) is -0.677. The molecule has 1 N–H and O–H groups in total. The Labute approximate surface area is 151 Å². The molecule has 0 amide bonds. The van der Waals surface area contributed by atoms with Crippen LogP contribution in [0.4, 0.5) is 5.69 Å². The molecule has 0 fully saturated rings. The zero-order valence-corrected chi connectivity index (χ0v) is 15.0. The van der Waals surface area contributed by atoms with E-state index in [4.69, 9.17) is 16.3 Å². The molecule has 1 aliphatic rings. The second-order valence-electron chi connectivity index (χ2n) is 6.61. The first-order valence-electron chi connectivity index (χ1n) is 7.80. The Morgan fingerprint density at radius 2 is 2.16 bits per heavy atom. The number of ether oxygens (including phenoxy) is 1. The Bertz CT molecular complexity index is 778. The number of hydrogen-bond donors (Lipinski definition) is 1. The van der Waals surface area contributed by atoms with Crippen LogP contribution < -0.4 is 0 Å². The van der Waals surface area contributed by atoms with Gasteiger partial charge in [0.25, 0.3) is 0 Å². The van der Waals surface area contributed by atoms with Gasteiger partial charge in [-0.15, -0.1) is 0 Å². The average molecular weight is 362 g/mol. The minimum atomic E-state index is -0.523. The van der Waals surface area contributed by atoms with Gasteiger partial charge in [0, 0.05) is 19.1 Å². The monoisotopic (exact) mass is 361 g/mol. The van der Waals surface area contributed by atoms with E-state index >= 15 is 0 Å². The first-order chi connectivity index (χ1) is 11.7. The lowest BCUT2D eigenvalue weighted by molar-refractivity contribution is -0.117. The number of carbonyl (C=O) groups is 2. The average Bonchev–Trinajstić information content (AvgIpc) is 2.52. The highest BCUT2D eigenvalue weighted by molar-refractivity contribution is 6.33. The molecule has 0 bridgehead atoms. The van der Waals surface area contributed by atoms with E-state index < -0.39 is 5.97 Å². The number of allylic oxidation sites excluding steroid dienone is 2. The lowest BCUT2D eigenvalue weighted by atomic mass is 9.77. The summed E-state index contributed by atoms with van der Waals surface area (Å²) in [6.45, 7) is 7.43. The van der Waals surface area contributed by atoms with Crippen LogP contribution in [0.1, 0.15) is 37.0 Å². The summed E-state index contributed by atoms with van der Waals surface area (Å²) < 4.78 is 4.97. The Morgan fingerprint density at radius 3 is 2.80 bits per heavy atom. The molecule has 25 heavy (non-hydrogen) atoms. The number of aliphatic imine (C=N–C) groups is 1. The first kappa shape index (κ1) is 18.9. The summed E-state index contributed by atoms with van der Waals surface area (Å²) in [6.07, 6.45) is 3.51. The second kappa shape index (κ2) is 7.66. The van der Waals surface area contributed by atoms with Crippen LogP contribution in [-0.4, -0.2) is 29.7 Å². The number of ketones is 1. The number of rotatable bonds is 5. The molecule has 132 valence electrons. The SMILES string of the molecule is C=CCOC(=O)c1ccc(Cl)c(N=CC2=C(O)CC(C)(C)CC2=O)c1. The maximum absolute atomic E-state index is 12.2. The van der Waals surface area contributed by atoms with Crippen LogP contribution >= 0.6 is 11.6 Å². The van der Waals surface area contributed by atoms with Crippen LogP contribution in [0.3, 0.4) is 0 Å². The van der Waals surface area contributed by atoms with Gasteiger partial charge >= 0.3 is 5.97 Å². The summed E-state index contributed by atoms with van der Waals surface area (Å²) in [5, 5.41) is 10.4. The third-order valence-corrected chi connectivity index (χ3v) is 4.06. The normalized spacial score (nSPS) is 17.0. The fourth-order valence-electron chi connectivity index (χ4n) is 2.54. The van der Waals surface area contributed by atoms with E-state index in [0.717, 1.165) is 0 Å². The van der Waals surface area contributed by atoms with Crippen molar-refractivity contribution in [3.63, 3.8) is 0 Å². The van der Waals surface area contributed by atoms with Gasteiger partial charge in [-0.2, -0.15) is 0 Å². The van der Waals surface area contributed by atoms with Gasteiger partial charge in [-0.05, 0) is 23.6 Å². The molecule has 0 atom stereocenters. The van der Waals surface area contributed by atoms with E-state index in [1.54, 1.807) is 0 Å². The summed E-state index contributed by atoms with van der Waals surface area (Å²) in [4.78, 5) is 28.3. The lowest BCUT2D eigenvalue weighted by Gasteiger charge is -2.28. The van der Waals surface area contributed by atoms with Gasteiger partial charge < -0.3 is 9.84 Å². The molecule has 0 saturated heterocycles. The highest BCUT2D eigenvalue weighted by atomic mass is 35.5. The fraction of sp³-hybridized carbons (Fsp3) is 0.316. The maximum atomic E-state index is 12.2. The lowest BCUT2D eigenvalue weighted by Crippen LogP contribution is -2.26. The molecule has 5 nitrogen and oxygen atoms in total. The van der Waals surface area contributed by atoms with Crippen molar-refractivity contribution in [3.8, 4) is 0 Å². The van der Waals surface area contributed by atoms with Crippen LogP contribution in [0.2, 0.25) is 5.02 Å². The number of nitrogens with zero attached hydrogens (tertiary/aromatic N) is 1. The van der Waals surface area contributed by atoms with Crippen molar-refractivity contribution in [2.45, 2.75) is 26.7 Å². The third-order valence-electron chi connectivity index (χ3n) is 3.74. The summed E-state index contributed by atoms with van der Waals surface area (Å²) in [7, 11) is 0. The summed E-state index contributed by atoms with van der Waals surface area (Å²) in [5.41, 5.74) is 0.501. The van der Waals surface area contributed by atoms with Crippen molar-refractivity contribution >= 4 is 35.3 Å². The number of esters is 1. The van der Waals surface area contributed by atoms with E-state index in [0.29, 0.717) is 23.6 Å². The topological polar surface area (TPSA) is 76.0 Å². The number of hydrogen-bond acceptors (Lipinski definition) is 5. The zero-order valence-electron chi connectivity index (χ0n) is 14.2. The molecule has 0 heterocycles. The largest absolute Gasteiger partial charge is 0.511 e. The molecule has 0 unspecified atom stereocenters. The molecule has 1 aliphatic carbocycles. The number of aliphatic hydroxyl groups is 1. The van der Waals surface area contributed by atoms with Gasteiger partial charge in [0.2, 0.25) is 0 Å². The van der Waals surface area contributed by atoms with Crippen LogP contribution in [0.5, 0.6) is 0 Å². The quantitative estimate of drug-likeness (QED) is 0.473. The Hall–Kier alpha value is -2.40. The maximum Gasteiger partial charge on any atom is 0.338 e. The van der Waals surface area contributed by atoms with Gasteiger partial charge in [-0.1, -0.05) is 38.1 Å². The van der Waals surface area contributed by atoms with Crippen molar-refractivity contribution < 1.29 is 19.4 Å². The molecule has 0 aromatic heterocycles.